The molecule has 100 valence electrons. The number of aliphatic hydroxyl groups excluding tert-OH is 1. The minimum Gasteiger partial charge on any atom is -0.511 e. The van der Waals surface area contributed by atoms with Crippen molar-refractivity contribution in [3.63, 3.8) is 0 Å². The van der Waals surface area contributed by atoms with Gasteiger partial charge in [0.15, 0.2) is 5.78 Å². The number of aliphatic hydroxyl groups is 1. The van der Waals surface area contributed by atoms with Crippen LogP contribution in [0.25, 0.3) is 0 Å². The highest BCUT2D eigenvalue weighted by Gasteiger charge is 2.32. The van der Waals surface area contributed by atoms with Crippen LogP contribution in [0.4, 0.5) is 0 Å². The van der Waals surface area contributed by atoms with E-state index in [0.717, 1.165) is 0 Å². The molecule has 0 bridgehead atoms. The van der Waals surface area contributed by atoms with Gasteiger partial charge in [-0.1, -0.05) is 13.8 Å². The third kappa shape index (κ3) is 4.31. The molecule has 1 rings (SSSR count). The minimum absolute atomic E-state index is 0.0589. The second kappa shape index (κ2) is 5.80. The fraction of sp³-hybridized carbons (Fsp3) is 0.615. The number of carboxylic acids is 1. The maximum Gasteiger partial charge on any atom is 0.303 e. The zero-order chi connectivity index (χ0) is 13.8. The number of carbonyl (C=O) groups excluding carboxylic acids is 1. The normalized spacial score (nSPS) is 19.6. The summed E-state index contributed by atoms with van der Waals surface area (Å²) >= 11 is 0. The van der Waals surface area contributed by atoms with Crippen LogP contribution in [0.2, 0.25) is 0 Å². The highest BCUT2D eigenvalue weighted by molar-refractivity contribution is 6.14. The van der Waals surface area contributed by atoms with Crippen molar-refractivity contribution < 1.29 is 19.8 Å². The first kappa shape index (κ1) is 14.4. The van der Waals surface area contributed by atoms with Crippen LogP contribution < -0.4 is 0 Å². The van der Waals surface area contributed by atoms with Gasteiger partial charge in [-0.3, -0.25) is 14.6 Å². The fourth-order valence-electron chi connectivity index (χ4n) is 1.93. The molecule has 0 amide bonds. The fourth-order valence-corrected chi connectivity index (χ4v) is 1.93. The number of aliphatic carboxylic acids is 1. The van der Waals surface area contributed by atoms with E-state index in [0.29, 0.717) is 25.8 Å². The van der Waals surface area contributed by atoms with Gasteiger partial charge in [0.2, 0.25) is 0 Å². The Hall–Kier alpha value is -1.65. The zero-order valence-electron chi connectivity index (χ0n) is 10.8. The van der Waals surface area contributed by atoms with E-state index in [1.54, 1.807) is 0 Å². The van der Waals surface area contributed by atoms with E-state index in [1.165, 1.54) is 6.21 Å². The molecular formula is C13H19NO4. The summed E-state index contributed by atoms with van der Waals surface area (Å²) in [6, 6.07) is 0. The smallest absolute Gasteiger partial charge is 0.303 e. The Labute approximate surface area is 106 Å². The van der Waals surface area contributed by atoms with E-state index >= 15 is 0 Å². The number of allylic oxidation sites excluding steroid dienone is 2. The van der Waals surface area contributed by atoms with E-state index in [1.807, 2.05) is 13.8 Å². The van der Waals surface area contributed by atoms with Gasteiger partial charge in [0.05, 0.1) is 5.57 Å². The molecule has 0 heterocycles. The van der Waals surface area contributed by atoms with Crippen molar-refractivity contribution in [2.75, 3.05) is 6.54 Å². The lowest BCUT2D eigenvalue weighted by atomic mass is 9.77. The zero-order valence-corrected chi connectivity index (χ0v) is 10.8. The molecule has 1 aliphatic rings. The largest absolute Gasteiger partial charge is 0.511 e. The summed E-state index contributed by atoms with van der Waals surface area (Å²) in [5, 5.41) is 18.2. The van der Waals surface area contributed by atoms with Crippen LogP contribution in [-0.2, 0) is 9.59 Å². The van der Waals surface area contributed by atoms with Gasteiger partial charge in [0, 0.05) is 32.0 Å². The van der Waals surface area contributed by atoms with Crippen molar-refractivity contribution in [2.24, 2.45) is 10.4 Å². The number of aliphatic imine (C=N–C) groups is 1. The number of ketones is 1. The van der Waals surface area contributed by atoms with Crippen molar-refractivity contribution in [1.82, 2.24) is 0 Å². The van der Waals surface area contributed by atoms with E-state index in [-0.39, 0.29) is 29.0 Å². The lowest BCUT2D eigenvalue weighted by Gasteiger charge is -2.28. The molecule has 0 radical (unpaired) electrons. The SMILES string of the molecule is CC1(C)CC(=O)C(C=NCCCC(=O)O)=C(O)C1. The molecule has 0 aromatic carbocycles. The van der Waals surface area contributed by atoms with Gasteiger partial charge < -0.3 is 10.2 Å². The van der Waals surface area contributed by atoms with E-state index < -0.39 is 5.97 Å². The van der Waals surface area contributed by atoms with Crippen molar-refractivity contribution in [1.29, 1.82) is 0 Å². The quantitative estimate of drug-likeness (QED) is 0.580. The summed E-state index contributed by atoms with van der Waals surface area (Å²) in [6.45, 7) is 4.21. The number of carboxylic acid groups (broad SMARTS) is 1. The summed E-state index contributed by atoms with van der Waals surface area (Å²) < 4.78 is 0. The Bertz CT molecular complexity index is 407. The molecule has 18 heavy (non-hydrogen) atoms. The average Bonchev–Trinajstić information content (AvgIpc) is 2.18. The van der Waals surface area contributed by atoms with Crippen LogP contribution in [0.3, 0.4) is 0 Å². The van der Waals surface area contributed by atoms with Gasteiger partial charge in [-0.25, -0.2) is 0 Å². The highest BCUT2D eigenvalue weighted by atomic mass is 16.4. The highest BCUT2D eigenvalue weighted by Crippen LogP contribution is 2.35. The van der Waals surface area contributed by atoms with Gasteiger partial charge in [0.1, 0.15) is 5.76 Å². The van der Waals surface area contributed by atoms with Crippen LogP contribution in [0.1, 0.15) is 39.5 Å². The van der Waals surface area contributed by atoms with Crippen LogP contribution in [-0.4, -0.2) is 34.7 Å². The minimum atomic E-state index is -0.859. The van der Waals surface area contributed by atoms with Gasteiger partial charge in [0.25, 0.3) is 0 Å². The van der Waals surface area contributed by atoms with Gasteiger partial charge in [-0.15, -0.1) is 0 Å². The predicted octanol–water partition coefficient (Wildman–Crippen LogP) is 2.12. The monoisotopic (exact) mass is 253 g/mol. The molecule has 0 aromatic rings. The van der Waals surface area contributed by atoms with Gasteiger partial charge in [-0.2, -0.15) is 0 Å². The molecule has 0 saturated heterocycles. The lowest BCUT2D eigenvalue weighted by Crippen LogP contribution is -2.26. The van der Waals surface area contributed by atoms with Gasteiger partial charge >= 0.3 is 5.97 Å². The third-order valence-corrected chi connectivity index (χ3v) is 2.79. The molecule has 0 spiro atoms. The van der Waals surface area contributed by atoms with E-state index in [9.17, 15) is 14.7 Å². The first-order chi connectivity index (χ1) is 8.32. The number of nitrogens with zero attached hydrogens (tertiary/aromatic N) is 1. The molecular weight excluding hydrogens is 234 g/mol. The van der Waals surface area contributed by atoms with Gasteiger partial charge in [-0.05, 0) is 11.8 Å². The van der Waals surface area contributed by atoms with Crippen LogP contribution in [0.15, 0.2) is 16.3 Å². The van der Waals surface area contributed by atoms with Crippen molar-refractivity contribution in [2.45, 2.75) is 39.5 Å². The second-order valence-corrected chi connectivity index (χ2v) is 5.33. The lowest BCUT2D eigenvalue weighted by molar-refractivity contribution is -0.137. The molecule has 5 heteroatoms. The number of hydrogen-bond donors (Lipinski definition) is 2. The standard InChI is InChI=1S/C13H19NO4/c1-13(2)6-10(15)9(11(16)7-13)8-14-5-3-4-12(17)18/h8,15H,3-7H2,1-2H3,(H,17,18). The van der Waals surface area contributed by atoms with Crippen LogP contribution in [0.5, 0.6) is 0 Å². The molecule has 0 fully saturated rings. The van der Waals surface area contributed by atoms with Crippen LogP contribution >= 0.6 is 0 Å². The first-order valence-corrected chi connectivity index (χ1v) is 5.99. The number of carbonyl (C=O) groups is 2. The molecule has 1 aliphatic carbocycles. The molecule has 2 N–H and O–H groups in total. The third-order valence-electron chi connectivity index (χ3n) is 2.79. The summed E-state index contributed by atoms with van der Waals surface area (Å²) in [7, 11) is 0. The molecule has 5 nitrogen and oxygen atoms in total. The van der Waals surface area contributed by atoms with Crippen molar-refractivity contribution in [3.8, 4) is 0 Å². The topological polar surface area (TPSA) is 87.0 Å². The van der Waals surface area contributed by atoms with E-state index in [2.05, 4.69) is 4.99 Å². The second-order valence-electron chi connectivity index (χ2n) is 5.33. The molecule has 0 saturated carbocycles. The molecule has 0 unspecified atom stereocenters. The molecule has 0 aliphatic heterocycles. The maximum absolute atomic E-state index is 11.8. The van der Waals surface area contributed by atoms with Crippen molar-refractivity contribution >= 4 is 18.0 Å². The molecule has 0 aromatic heterocycles. The molecule has 0 atom stereocenters. The summed E-state index contributed by atoms with van der Waals surface area (Å²) in [4.78, 5) is 26.1. The summed E-state index contributed by atoms with van der Waals surface area (Å²) in [6.07, 6.45) is 2.72. The Morgan fingerprint density at radius 2 is 2.11 bits per heavy atom. The first-order valence-electron chi connectivity index (χ1n) is 5.99. The Kier molecular flexibility index (Phi) is 4.64. The Morgan fingerprint density at radius 3 is 2.67 bits per heavy atom. The van der Waals surface area contributed by atoms with Crippen molar-refractivity contribution in [3.05, 3.63) is 11.3 Å². The Balaban J connectivity index is 2.58. The average molecular weight is 253 g/mol. The predicted molar refractivity (Wildman–Crippen MR) is 67.9 cm³/mol. The Morgan fingerprint density at radius 1 is 1.44 bits per heavy atom. The number of rotatable bonds is 5. The summed E-state index contributed by atoms with van der Waals surface area (Å²) in [5.41, 5.74) is 0.0617. The number of Topliss-reactive ketones (excluding diaryl/α,β-unsaturated/α-hetero) is 1. The maximum atomic E-state index is 11.8. The number of hydrogen-bond acceptors (Lipinski definition) is 4. The van der Waals surface area contributed by atoms with Crippen LogP contribution in [0, 0.1) is 5.41 Å². The summed E-state index contributed by atoms with van der Waals surface area (Å²) in [5.74, 6) is -0.883. The van der Waals surface area contributed by atoms with E-state index in [4.69, 9.17) is 5.11 Å².